The smallest absolute Gasteiger partial charge is 0.138 e. The van der Waals surface area contributed by atoms with Crippen molar-refractivity contribution in [2.45, 2.75) is 45.3 Å². The molecule has 0 spiro atoms. The van der Waals surface area contributed by atoms with Crippen LogP contribution in [0.5, 0.6) is 0 Å². The highest BCUT2D eigenvalue weighted by atomic mass is 14.9. The molecule has 1 heterocycles. The first-order valence-corrected chi connectivity index (χ1v) is 4.45. The first-order chi connectivity index (χ1) is 4.72. The summed E-state index contributed by atoms with van der Waals surface area (Å²) in [6.45, 7) is 9.04. The topological polar surface area (TPSA) is 12.0 Å². The van der Waals surface area contributed by atoms with Crippen molar-refractivity contribution in [1.29, 1.82) is 0 Å². The Kier molecular flexibility index (Phi) is 2.78. The van der Waals surface area contributed by atoms with Crippen LogP contribution in [-0.2, 0) is 0 Å². The quantitative estimate of drug-likeness (QED) is 0.547. The monoisotopic (exact) mass is 139 g/mol. The maximum atomic E-state index is 3.51. The van der Waals surface area contributed by atoms with Gasteiger partial charge in [-0.2, -0.15) is 0 Å². The van der Waals surface area contributed by atoms with Crippen molar-refractivity contribution in [2.75, 3.05) is 6.54 Å². The maximum absolute atomic E-state index is 3.51. The zero-order valence-corrected chi connectivity index (χ0v) is 7.35. The average molecular weight is 139 g/mol. The largest absolute Gasteiger partial charge is 0.315 e. The molecule has 58 valence electrons. The molecule has 0 saturated carbocycles. The van der Waals surface area contributed by atoms with Gasteiger partial charge in [0.15, 0.2) is 0 Å². The van der Waals surface area contributed by atoms with Gasteiger partial charge in [0.05, 0.1) is 0 Å². The van der Waals surface area contributed by atoms with Gasteiger partial charge in [0.2, 0.25) is 0 Å². The van der Waals surface area contributed by atoms with E-state index in [1.165, 1.54) is 19.4 Å². The summed E-state index contributed by atoms with van der Waals surface area (Å²) >= 11 is 0. The van der Waals surface area contributed by atoms with Crippen molar-refractivity contribution in [3.8, 4) is 0 Å². The van der Waals surface area contributed by atoms with Crippen molar-refractivity contribution < 1.29 is 0 Å². The fourth-order valence-corrected chi connectivity index (χ4v) is 1.98. The fraction of sp³-hybridized carbons (Fsp3) is 1.00. The molecule has 10 heavy (non-hydrogen) atoms. The molecule has 2 atom stereocenters. The van der Waals surface area contributed by atoms with Gasteiger partial charge in [-0.15, -0.1) is 0 Å². The molecule has 1 aliphatic heterocycles. The van der Waals surface area contributed by atoms with Gasteiger partial charge >= 0.3 is 0 Å². The number of piperidine rings is 1. The molecule has 0 radical (unpaired) electrons. The van der Waals surface area contributed by atoms with Crippen molar-refractivity contribution in [2.24, 2.45) is 0 Å². The Hall–Kier alpha value is 0.0249. The first kappa shape index (κ1) is 8.12. The third-order valence-electron chi connectivity index (χ3n) is 2.68. The Morgan fingerprint density at radius 2 is 2.10 bits per heavy atom. The van der Waals surface area contributed by atoms with Crippen LogP contribution in [0.1, 0.15) is 19.8 Å². The molecule has 1 aliphatic rings. The average Bonchev–Trinajstić information content (AvgIpc) is 1.88. The summed E-state index contributed by atoms with van der Waals surface area (Å²) in [7, 11) is 0. The van der Waals surface area contributed by atoms with Gasteiger partial charge in [0.1, 0.15) is 6.71 Å². The van der Waals surface area contributed by atoms with E-state index in [0.29, 0.717) is 0 Å². The molecule has 0 amide bonds. The molecule has 2 unspecified atom stereocenters. The SMILES string of the molecule is CB(C)C1CCCNC1C. The predicted molar refractivity (Wildman–Crippen MR) is 47.9 cm³/mol. The van der Waals surface area contributed by atoms with E-state index in [-0.39, 0.29) is 0 Å². The van der Waals surface area contributed by atoms with Crippen molar-refractivity contribution in [1.82, 2.24) is 5.32 Å². The van der Waals surface area contributed by atoms with Gasteiger partial charge in [-0.3, -0.25) is 0 Å². The summed E-state index contributed by atoms with van der Waals surface area (Å²) in [5, 5.41) is 3.51. The van der Waals surface area contributed by atoms with E-state index in [9.17, 15) is 0 Å². The number of hydrogen-bond acceptors (Lipinski definition) is 1. The second-order valence-corrected chi connectivity index (χ2v) is 3.79. The van der Waals surface area contributed by atoms with Crippen LogP contribution in [0.3, 0.4) is 0 Å². The Labute approximate surface area is 64.7 Å². The van der Waals surface area contributed by atoms with Crippen LogP contribution in [0.25, 0.3) is 0 Å². The fourth-order valence-electron chi connectivity index (χ4n) is 1.98. The number of nitrogens with one attached hydrogen (secondary N) is 1. The molecule has 0 aromatic heterocycles. The Bertz CT molecular complexity index is 103. The van der Waals surface area contributed by atoms with E-state index in [1.807, 2.05) is 0 Å². The molecular formula is C8H18BN. The Morgan fingerprint density at radius 3 is 2.50 bits per heavy atom. The van der Waals surface area contributed by atoms with Crippen LogP contribution in [0.4, 0.5) is 0 Å². The number of hydrogen-bond donors (Lipinski definition) is 1. The van der Waals surface area contributed by atoms with Crippen LogP contribution in [0, 0.1) is 0 Å². The van der Waals surface area contributed by atoms with E-state index in [2.05, 4.69) is 25.9 Å². The minimum absolute atomic E-state index is 0.744. The summed E-state index contributed by atoms with van der Waals surface area (Å²) in [4.78, 5) is 0. The zero-order valence-electron chi connectivity index (χ0n) is 7.35. The predicted octanol–water partition coefficient (Wildman–Crippen LogP) is 1.88. The lowest BCUT2D eigenvalue weighted by atomic mass is 9.42. The lowest BCUT2D eigenvalue weighted by Gasteiger charge is -2.31. The highest BCUT2D eigenvalue weighted by Gasteiger charge is 2.24. The minimum atomic E-state index is 0.744. The normalized spacial score (nSPS) is 33.9. The summed E-state index contributed by atoms with van der Waals surface area (Å²) in [5.41, 5.74) is 0. The molecule has 1 N–H and O–H groups in total. The van der Waals surface area contributed by atoms with E-state index in [0.717, 1.165) is 18.6 Å². The van der Waals surface area contributed by atoms with Crippen LogP contribution in [0.2, 0.25) is 19.5 Å². The molecule has 0 aliphatic carbocycles. The molecule has 0 aromatic rings. The number of rotatable bonds is 1. The second kappa shape index (κ2) is 3.43. The van der Waals surface area contributed by atoms with Gasteiger partial charge in [-0.25, -0.2) is 0 Å². The lowest BCUT2D eigenvalue weighted by Crippen LogP contribution is -2.40. The van der Waals surface area contributed by atoms with E-state index < -0.39 is 0 Å². The molecule has 1 rings (SSSR count). The molecule has 0 bridgehead atoms. The van der Waals surface area contributed by atoms with Crippen molar-refractivity contribution in [3.05, 3.63) is 0 Å². The standard InChI is InChI=1S/C8H18BN/c1-7-8(9(2)3)5-4-6-10-7/h7-8,10H,4-6H2,1-3H3. The summed E-state index contributed by atoms with van der Waals surface area (Å²) in [5.74, 6) is 0.911. The summed E-state index contributed by atoms with van der Waals surface area (Å²) < 4.78 is 0. The first-order valence-electron chi connectivity index (χ1n) is 4.45. The highest BCUT2D eigenvalue weighted by Crippen LogP contribution is 2.24. The lowest BCUT2D eigenvalue weighted by molar-refractivity contribution is 0.419. The van der Waals surface area contributed by atoms with Crippen molar-refractivity contribution in [3.63, 3.8) is 0 Å². The molecule has 1 nitrogen and oxygen atoms in total. The maximum Gasteiger partial charge on any atom is 0.138 e. The molecular weight excluding hydrogens is 121 g/mol. The van der Waals surface area contributed by atoms with Crippen LogP contribution >= 0.6 is 0 Å². The van der Waals surface area contributed by atoms with E-state index >= 15 is 0 Å². The zero-order chi connectivity index (χ0) is 7.56. The third-order valence-corrected chi connectivity index (χ3v) is 2.68. The van der Waals surface area contributed by atoms with Gasteiger partial charge in [-0.1, -0.05) is 27.0 Å². The summed E-state index contributed by atoms with van der Waals surface area (Å²) in [6.07, 6.45) is 2.79. The molecule has 0 aromatic carbocycles. The highest BCUT2D eigenvalue weighted by molar-refractivity contribution is 6.57. The van der Waals surface area contributed by atoms with E-state index in [4.69, 9.17) is 0 Å². The van der Waals surface area contributed by atoms with Gasteiger partial charge in [-0.05, 0) is 18.8 Å². The molecule has 1 fully saturated rings. The van der Waals surface area contributed by atoms with Gasteiger partial charge in [0.25, 0.3) is 0 Å². The molecule has 1 saturated heterocycles. The van der Waals surface area contributed by atoms with Crippen LogP contribution in [0.15, 0.2) is 0 Å². The van der Waals surface area contributed by atoms with Crippen molar-refractivity contribution >= 4 is 6.71 Å². The van der Waals surface area contributed by atoms with Gasteiger partial charge in [0, 0.05) is 6.04 Å². The van der Waals surface area contributed by atoms with Crippen LogP contribution in [-0.4, -0.2) is 19.3 Å². The van der Waals surface area contributed by atoms with E-state index in [1.54, 1.807) is 0 Å². The third kappa shape index (κ3) is 1.75. The minimum Gasteiger partial charge on any atom is -0.315 e. The Morgan fingerprint density at radius 1 is 1.40 bits per heavy atom. The molecule has 2 heteroatoms. The second-order valence-electron chi connectivity index (χ2n) is 3.79. The van der Waals surface area contributed by atoms with Crippen LogP contribution < -0.4 is 5.32 Å². The Balaban J connectivity index is 2.40. The summed E-state index contributed by atoms with van der Waals surface area (Å²) in [6, 6.07) is 0.744. The van der Waals surface area contributed by atoms with Gasteiger partial charge < -0.3 is 5.32 Å².